The van der Waals surface area contributed by atoms with Crippen LogP contribution in [0.5, 0.6) is 5.75 Å². The summed E-state index contributed by atoms with van der Waals surface area (Å²) < 4.78 is 0. The van der Waals surface area contributed by atoms with Crippen LogP contribution in [0.4, 0.5) is 5.69 Å². The van der Waals surface area contributed by atoms with Crippen molar-refractivity contribution in [1.82, 2.24) is 5.01 Å². The molecule has 0 saturated heterocycles. The molecule has 3 rings (SSSR count). The zero-order valence-corrected chi connectivity index (χ0v) is 17.4. The van der Waals surface area contributed by atoms with Gasteiger partial charge in [0, 0.05) is 18.7 Å². The van der Waals surface area contributed by atoms with E-state index in [1.54, 1.807) is 13.0 Å². The number of aliphatic hydroxyl groups is 1. The molecule has 1 aliphatic heterocycles. The van der Waals surface area contributed by atoms with Crippen LogP contribution >= 0.6 is 0 Å². The number of carbonyl (C=O) groups is 1. The van der Waals surface area contributed by atoms with Gasteiger partial charge in [-0.25, -0.2) is 5.01 Å². The van der Waals surface area contributed by atoms with Crippen LogP contribution < -0.4 is 5.43 Å². The molecular formula is C23H28N4O3. The Morgan fingerprint density at radius 1 is 1.27 bits per heavy atom. The lowest BCUT2D eigenvalue weighted by molar-refractivity contribution is -0.123. The van der Waals surface area contributed by atoms with E-state index in [4.69, 9.17) is 5.11 Å². The van der Waals surface area contributed by atoms with Gasteiger partial charge in [-0.1, -0.05) is 42.0 Å². The zero-order valence-electron chi connectivity index (χ0n) is 17.4. The van der Waals surface area contributed by atoms with Crippen molar-refractivity contribution < 1.29 is 15.0 Å². The molecule has 7 heteroatoms. The molecule has 30 heavy (non-hydrogen) atoms. The fourth-order valence-electron chi connectivity index (χ4n) is 3.28. The maximum atomic E-state index is 12.5. The molecule has 0 bridgehead atoms. The molecule has 1 aromatic carbocycles. The molecule has 0 spiro atoms. The minimum atomic E-state index is -0.292. The highest BCUT2D eigenvalue weighted by atomic mass is 16.3. The largest absolute Gasteiger partial charge is 0.505 e. The van der Waals surface area contributed by atoms with Gasteiger partial charge in [-0.15, -0.1) is 0 Å². The van der Waals surface area contributed by atoms with Crippen molar-refractivity contribution in [2.45, 2.75) is 39.5 Å². The van der Waals surface area contributed by atoms with Crippen molar-refractivity contribution in [3.8, 4) is 5.75 Å². The highest BCUT2D eigenvalue weighted by Gasteiger charge is 2.29. The molecular weight excluding hydrogens is 380 g/mol. The monoisotopic (exact) mass is 408 g/mol. The van der Waals surface area contributed by atoms with E-state index >= 15 is 0 Å². The number of aromatic hydroxyl groups is 1. The molecule has 0 atom stereocenters. The number of aliphatic hydroxyl groups excluding tert-OH is 1. The van der Waals surface area contributed by atoms with Gasteiger partial charge in [0.2, 0.25) is 0 Å². The van der Waals surface area contributed by atoms with Crippen molar-refractivity contribution in [2.75, 3.05) is 18.6 Å². The second kappa shape index (κ2) is 10.0. The Morgan fingerprint density at radius 2 is 2.10 bits per heavy atom. The highest BCUT2D eigenvalue weighted by molar-refractivity contribution is 6.68. The van der Waals surface area contributed by atoms with E-state index in [0.29, 0.717) is 36.3 Å². The number of nitrogens with one attached hydrogen (secondary N) is 1. The minimum absolute atomic E-state index is 0.0657. The minimum Gasteiger partial charge on any atom is -0.505 e. The quantitative estimate of drug-likeness (QED) is 0.346. The topological polar surface area (TPSA) is 97.5 Å². The molecule has 1 aromatic rings. The number of nitrogens with zero attached hydrogens (tertiary/aromatic N) is 3. The van der Waals surface area contributed by atoms with Crippen LogP contribution in [0.25, 0.3) is 6.08 Å². The summed E-state index contributed by atoms with van der Waals surface area (Å²) in [5.74, 6) is -0.226. The lowest BCUT2D eigenvalue weighted by Gasteiger charge is -2.11. The van der Waals surface area contributed by atoms with E-state index < -0.39 is 0 Å². The third-order valence-electron chi connectivity index (χ3n) is 5.10. The summed E-state index contributed by atoms with van der Waals surface area (Å²) in [6.07, 6.45) is 11.5. The first-order valence-electron chi connectivity index (χ1n) is 10.2. The third kappa shape index (κ3) is 5.04. The normalized spacial score (nSPS) is 18.1. The maximum Gasteiger partial charge on any atom is 0.296 e. The number of phenolic OH excluding ortho intramolecular Hbond substituents is 1. The number of rotatable bonds is 8. The fraction of sp³-hybridized carbons (Fsp3) is 0.348. The molecule has 0 radical (unpaired) electrons. The smallest absolute Gasteiger partial charge is 0.296 e. The molecule has 0 saturated carbocycles. The molecule has 158 valence electrons. The number of hydrogen-bond donors (Lipinski definition) is 3. The molecule has 1 amide bonds. The first kappa shape index (κ1) is 21.5. The molecule has 2 aliphatic rings. The van der Waals surface area contributed by atoms with E-state index in [1.165, 1.54) is 10.6 Å². The average molecular weight is 409 g/mol. The predicted molar refractivity (Wildman–Crippen MR) is 120 cm³/mol. The van der Waals surface area contributed by atoms with Gasteiger partial charge in [-0.3, -0.25) is 10.2 Å². The van der Waals surface area contributed by atoms with Crippen molar-refractivity contribution in [3.05, 3.63) is 53.1 Å². The maximum absolute atomic E-state index is 12.5. The molecule has 0 unspecified atom stereocenters. The number of hydrogen-bond acceptors (Lipinski definition) is 6. The highest BCUT2D eigenvalue weighted by Crippen LogP contribution is 2.30. The van der Waals surface area contributed by atoms with Crippen molar-refractivity contribution in [2.24, 2.45) is 10.2 Å². The summed E-state index contributed by atoms with van der Waals surface area (Å²) in [5, 5.41) is 29.3. The number of benzene rings is 1. The number of amides is 1. The Labute approximate surface area is 176 Å². The zero-order chi connectivity index (χ0) is 21.5. The number of phenols is 1. The van der Waals surface area contributed by atoms with E-state index in [1.807, 2.05) is 24.3 Å². The Morgan fingerprint density at radius 3 is 2.87 bits per heavy atom. The molecule has 0 aromatic heterocycles. The molecule has 1 heterocycles. The van der Waals surface area contributed by atoms with Crippen LogP contribution in [0.3, 0.4) is 0 Å². The third-order valence-corrected chi connectivity index (χ3v) is 5.10. The van der Waals surface area contributed by atoms with Gasteiger partial charge in [0.25, 0.3) is 5.91 Å². The summed E-state index contributed by atoms with van der Waals surface area (Å²) in [4.78, 5) is 12.5. The number of carbonyl (C=O) groups excluding carboxylic acids is 1. The van der Waals surface area contributed by atoms with Gasteiger partial charge in [0.15, 0.2) is 5.71 Å². The number of para-hydroxylation sites is 1. The van der Waals surface area contributed by atoms with Crippen LogP contribution in [0, 0.1) is 0 Å². The molecule has 0 fully saturated rings. The van der Waals surface area contributed by atoms with E-state index in [2.05, 4.69) is 34.7 Å². The van der Waals surface area contributed by atoms with Crippen molar-refractivity contribution in [3.63, 3.8) is 0 Å². The fourth-order valence-corrected chi connectivity index (χ4v) is 3.28. The second-order valence-corrected chi connectivity index (χ2v) is 7.37. The van der Waals surface area contributed by atoms with E-state index in [-0.39, 0.29) is 24.0 Å². The van der Waals surface area contributed by atoms with Gasteiger partial charge >= 0.3 is 0 Å². The number of anilines is 1. The Bertz CT molecular complexity index is 957. The summed E-state index contributed by atoms with van der Waals surface area (Å²) in [7, 11) is 0. The summed E-state index contributed by atoms with van der Waals surface area (Å²) in [6, 6.07) is 5.34. The first-order valence-corrected chi connectivity index (χ1v) is 10.2. The predicted octanol–water partition coefficient (Wildman–Crippen LogP) is 3.83. The second-order valence-electron chi connectivity index (χ2n) is 7.37. The van der Waals surface area contributed by atoms with E-state index in [9.17, 15) is 9.90 Å². The van der Waals surface area contributed by atoms with Crippen molar-refractivity contribution in [1.29, 1.82) is 0 Å². The Kier molecular flexibility index (Phi) is 7.19. The van der Waals surface area contributed by atoms with E-state index in [0.717, 1.165) is 18.4 Å². The number of hydrazone groups is 2. The van der Waals surface area contributed by atoms with Gasteiger partial charge in [-0.2, -0.15) is 10.2 Å². The number of allylic oxidation sites excluding steroid dienone is 5. The lowest BCUT2D eigenvalue weighted by atomic mass is 9.98. The van der Waals surface area contributed by atoms with Crippen molar-refractivity contribution >= 4 is 29.1 Å². The number of unbranched alkanes of at least 4 members (excludes halogenated alkanes) is 1. The average Bonchev–Trinajstić information content (AvgIpc) is 3.00. The van der Waals surface area contributed by atoms with Gasteiger partial charge in [0.1, 0.15) is 5.75 Å². The van der Waals surface area contributed by atoms with Crippen LogP contribution in [0.1, 0.15) is 45.1 Å². The van der Waals surface area contributed by atoms with Crippen LogP contribution in [0.2, 0.25) is 0 Å². The van der Waals surface area contributed by atoms with Crippen LogP contribution in [-0.2, 0) is 4.79 Å². The molecule has 7 nitrogen and oxygen atoms in total. The van der Waals surface area contributed by atoms with Gasteiger partial charge in [0.05, 0.1) is 11.4 Å². The first-order chi connectivity index (χ1) is 14.5. The summed E-state index contributed by atoms with van der Waals surface area (Å²) >= 11 is 0. The van der Waals surface area contributed by atoms with Gasteiger partial charge < -0.3 is 10.2 Å². The standard InChI is InChI=1S/C23H28N4O3/c1-16-8-3-4-9-18(16)12-13-19-10-7-11-20(22(19)29)24-25-21-17(2)26-27(23(21)30)14-5-6-15-28/h4,7,9-13,24,28-29H,3,5-6,8,14-15H2,1-2H3/b13-12+,25-21-. The van der Waals surface area contributed by atoms with Gasteiger partial charge in [-0.05, 0) is 51.2 Å². The van der Waals surface area contributed by atoms with Crippen LogP contribution in [0.15, 0.2) is 57.8 Å². The Hall–Kier alpha value is -3.19. The summed E-state index contributed by atoms with van der Waals surface area (Å²) in [5.41, 5.74) is 7.08. The molecule has 1 aliphatic carbocycles. The SMILES string of the molecule is CC1=NN(CCCCO)C(=O)/C1=N\Nc1cccc(/C=C/C2=C(C)CCC=C2)c1O. The Balaban J connectivity index is 1.72. The lowest BCUT2D eigenvalue weighted by Crippen LogP contribution is -2.29. The summed E-state index contributed by atoms with van der Waals surface area (Å²) in [6.45, 7) is 4.36. The van der Waals surface area contributed by atoms with Crippen LogP contribution in [-0.4, -0.2) is 45.7 Å². The molecule has 3 N–H and O–H groups in total.